The first-order valence-corrected chi connectivity index (χ1v) is 12.5. The number of aliphatic imine (C=N–C) groups is 1. The Labute approximate surface area is 254 Å². The summed E-state index contributed by atoms with van der Waals surface area (Å²) in [7, 11) is 1.38. The van der Waals surface area contributed by atoms with Crippen LogP contribution in [0.25, 0.3) is 0 Å². The van der Waals surface area contributed by atoms with E-state index in [2.05, 4.69) is 15.6 Å². The number of likely N-dealkylation sites (N-methyl/N-ethyl adjacent to an activating group) is 1. The van der Waals surface area contributed by atoms with Crippen molar-refractivity contribution in [2.45, 2.75) is 91.2 Å². The summed E-state index contributed by atoms with van der Waals surface area (Å²) in [5, 5.41) is 96.5. The van der Waals surface area contributed by atoms with E-state index in [1.165, 1.54) is 7.05 Å². The van der Waals surface area contributed by atoms with Crippen molar-refractivity contribution >= 4 is 18.2 Å². The quantitative estimate of drug-likeness (QED) is 0.0434. The first-order valence-electron chi connectivity index (χ1n) is 12.5. The first kappa shape index (κ1) is 36.6. The number of guanidine groups is 2. The molecule has 247 valence electrons. The third-order valence-electron chi connectivity index (χ3n) is 7.39. The average molecular weight is 705 g/mol. The Balaban J connectivity index is 0.00000616. The van der Waals surface area contributed by atoms with E-state index in [0.717, 1.165) is 0 Å². The van der Waals surface area contributed by atoms with E-state index >= 15 is 0 Å². The van der Waals surface area contributed by atoms with E-state index < -0.39 is 116 Å². The molecule has 1 radical (unpaired) electrons. The summed E-state index contributed by atoms with van der Waals surface area (Å²) >= 11 is 0. The summed E-state index contributed by atoms with van der Waals surface area (Å²) in [6.07, 6.45) is -18.6. The molecule has 20 nitrogen and oxygen atoms in total. The number of aliphatic hydroxyl groups is 8. The number of carbonyl (C=O) groups excluding carboxylic acids is 1. The SMILES string of the molecule is CN[C@@H]1[C@H](O[C@H]2[C@H](O[C@H]3[C@H](O)[C@@H](O)[C@H](N=C(N)N)[C@@H](O)[C@@H]3NC(=N)N)O[C@@H](CO)[C@]2(O)C=O)O[C@@H](CO)[C@H](O)[C@H]1O.[Ag]. The van der Waals surface area contributed by atoms with Gasteiger partial charge in [-0.05, 0) is 7.05 Å². The molecule has 0 amide bonds. The maximum Gasteiger partial charge on any atom is 0.188 e. The molecule has 0 aromatic rings. The van der Waals surface area contributed by atoms with Crippen LogP contribution in [0.5, 0.6) is 0 Å². The fourth-order valence-electron chi connectivity index (χ4n) is 5.21. The topological polar surface area (TPSA) is 354 Å². The zero-order chi connectivity index (χ0) is 30.8. The van der Waals surface area contributed by atoms with Gasteiger partial charge in [-0.2, -0.15) is 0 Å². The van der Waals surface area contributed by atoms with Crippen molar-refractivity contribution < 1.29 is 87.0 Å². The number of ether oxygens (including phenoxy) is 4. The number of hydrogen-bond donors (Lipinski definition) is 14. The van der Waals surface area contributed by atoms with E-state index in [9.17, 15) is 45.6 Å². The van der Waals surface area contributed by atoms with Crippen LogP contribution in [-0.4, -0.2) is 171 Å². The Morgan fingerprint density at radius 2 is 1.60 bits per heavy atom. The zero-order valence-corrected chi connectivity index (χ0v) is 23.7. The Morgan fingerprint density at radius 3 is 2.10 bits per heavy atom. The molecule has 0 aromatic carbocycles. The van der Waals surface area contributed by atoms with Gasteiger partial charge in [0, 0.05) is 22.4 Å². The minimum absolute atomic E-state index is 0. The number of carbonyl (C=O) groups is 1. The molecule has 1 saturated carbocycles. The Hall–Kier alpha value is -1.57. The number of aliphatic hydroxyl groups excluding tert-OH is 7. The van der Waals surface area contributed by atoms with Crippen LogP contribution in [0.4, 0.5) is 0 Å². The first-order chi connectivity index (χ1) is 19.2. The molecule has 21 heteroatoms. The summed E-state index contributed by atoms with van der Waals surface area (Å²) in [6.45, 7) is -1.68. The zero-order valence-electron chi connectivity index (χ0n) is 22.2. The summed E-state index contributed by atoms with van der Waals surface area (Å²) in [5.41, 5.74) is 13.5. The fraction of sp³-hybridized carbons (Fsp3) is 0.857. The third-order valence-corrected chi connectivity index (χ3v) is 7.39. The molecule has 15 atom stereocenters. The van der Waals surface area contributed by atoms with Crippen LogP contribution in [0.1, 0.15) is 0 Å². The maximum atomic E-state index is 12.1. The molecule has 2 saturated heterocycles. The number of rotatable bonds is 10. The fourth-order valence-corrected chi connectivity index (χ4v) is 5.21. The Kier molecular flexibility index (Phi) is 13.0. The van der Waals surface area contributed by atoms with Crippen LogP contribution in [0.2, 0.25) is 0 Å². The predicted octanol–water partition coefficient (Wildman–Crippen LogP) is -8.98. The van der Waals surface area contributed by atoms with Crippen LogP contribution in [-0.2, 0) is 46.1 Å². The molecule has 0 unspecified atom stereocenters. The predicted molar refractivity (Wildman–Crippen MR) is 134 cm³/mol. The molecule has 1 aliphatic carbocycles. The van der Waals surface area contributed by atoms with E-state index in [4.69, 9.17) is 41.6 Å². The summed E-state index contributed by atoms with van der Waals surface area (Å²) in [6, 6.07) is -4.18. The van der Waals surface area contributed by atoms with Crippen molar-refractivity contribution in [1.29, 1.82) is 5.41 Å². The van der Waals surface area contributed by atoms with Gasteiger partial charge < -0.3 is 87.6 Å². The van der Waals surface area contributed by atoms with E-state index in [0.29, 0.717) is 0 Å². The number of nitrogens with one attached hydrogen (secondary N) is 3. The molecule has 0 aromatic heterocycles. The molecule has 3 aliphatic rings. The molecule has 2 heterocycles. The van der Waals surface area contributed by atoms with E-state index in [-0.39, 0.29) is 28.7 Å². The molecule has 3 rings (SSSR count). The average Bonchev–Trinajstić information content (AvgIpc) is 3.19. The molecule has 3 fully saturated rings. The summed E-state index contributed by atoms with van der Waals surface area (Å²) < 4.78 is 22.7. The van der Waals surface area contributed by atoms with Crippen LogP contribution < -0.4 is 27.8 Å². The number of hydrogen-bond acceptors (Lipinski definition) is 16. The van der Waals surface area contributed by atoms with Crippen LogP contribution >= 0.6 is 0 Å². The van der Waals surface area contributed by atoms with Crippen LogP contribution in [0, 0.1) is 5.41 Å². The van der Waals surface area contributed by atoms with E-state index in [1.54, 1.807) is 0 Å². The largest absolute Gasteiger partial charge is 0.394 e. The van der Waals surface area contributed by atoms with Gasteiger partial charge in [-0.3, -0.25) is 10.2 Å². The molecule has 0 spiro atoms. The Bertz CT molecular complexity index is 954. The van der Waals surface area contributed by atoms with Crippen molar-refractivity contribution in [3.63, 3.8) is 0 Å². The van der Waals surface area contributed by atoms with Gasteiger partial charge in [0.05, 0.1) is 25.3 Å². The van der Waals surface area contributed by atoms with Gasteiger partial charge in [-0.1, -0.05) is 0 Å². The summed E-state index contributed by atoms with van der Waals surface area (Å²) in [5.74, 6) is -1.22. The minimum atomic E-state index is -2.63. The smallest absolute Gasteiger partial charge is 0.188 e. The van der Waals surface area contributed by atoms with Gasteiger partial charge in [-0.15, -0.1) is 0 Å². The van der Waals surface area contributed by atoms with Crippen molar-refractivity contribution in [3.8, 4) is 0 Å². The standard InChI is InChI=1S/C21H39N7O13.Ag/c1-26-9-13(35)10(32)5(2-29)38-17(9)41-16-18(39-6(3-30)21(16,37)4-31)40-15-8(28-20(24)25)11(33)7(27-19(22)23)12(34)14(15)36;/h4-18,26,29-30,32-37H,2-3H2,1H3,(H4,22,23,27)(H4,24,25,28);/t5-,6-,7+,8-,9-,10-,11+,12-,13-,14+,15+,16-,17-,18-,21+;/m0./s1. The third kappa shape index (κ3) is 7.04. The monoisotopic (exact) mass is 704 g/mol. The number of nitrogens with zero attached hydrogens (tertiary/aromatic N) is 1. The van der Waals surface area contributed by atoms with Gasteiger partial charge >= 0.3 is 0 Å². The second kappa shape index (κ2) is 14.9. The van der Waals surface area contributed by atoms with Crippen molar-refractivity contribution in [1.82, 2.24) is 10.6 Å². The molecule has 2 aliphatic heterocycles. The molecular weight excluding hydrogens is 666 g/mol. The molecule has 17 N–H and O–H groups in total. The van der Waals surface area contributed by atoms with Gasteiger partial charge in [-0.25, -0.2) is 4.99 Å². The maximum absolute atomic E-state index is 12.1. The van der Waals surface area contributed by atoms with Crippen molar-refractivity contribution in [2.24, 2.45) is 22.2 Å². The molecular formula is C21H39AgN7O13. The van der Waals surface area contributed by atoms with Crippen molar-refractivity contribution in [2.75, 3.05) is 20.3 Å². The van der Waals surface area contributed by atoms with Gasteiger partial charge in [0.2, 0.25) is 0 Å². The van der Waals surface area contributed by atoms with Gasteiger partial charge in [0.15, 0.2) is 36.4 Å². The minimum Gasteiger partial charge on any atom is -0.394 e. The normalized spacial score (nSPS) is 45.5. The van der Waals surface area contributed by atoms with Gasteiger partial charge in [0.25, 0.3) is 0 Å². The van der Waals surface area contributed by atoms with Crippen LogP contribution in [0.3, 0.4) is 0 Å². The number of aldehydes is 1. The second-order valence-electron chi connectivity index (χ2n) is 9.96. The summed E-state index contributed by atoms with van der Waals surface area (Å²) in [4.78, 5) is 15.8. The molecule has 0 bridgehead atoms. The van der Waals surface area contributed by atoms with Crippen molar-refractivity contribution in [3.05, 3.63) is 0 Å². The molecule has 42 heavy (non-hydrogen) atoms. The van der Waals surface area contributed by atoms with Gasteiger partial charge in [0.1, 0.15) is 61.0 Å². The van der Waals surface area contributed by atoms with E-state index in [1.807, 2.05) is 0 Å². The van der Waals surface area contributed by atoms with Crippen LogP contribution in [0.15, 0.2) is 4.99 Å². The number of nitrogens with two attached hydrogens (primary N) is 3. The Morgan fingerprint density at radius 1 is 0.952 bits per heavy atom. The second-order valence-corrected chi connectivity index (χ2v) is 9.96.